The molecule has 12 heavy (non-hydrogen) atoms. The molecule has 0 aliphatic carbocycles. The Bertz CT molecular complexity index is 350. The minimum atomic E-state index is 0.507. The summed E-state index contributed by atoms with van der Waals surface area (Å²) in [5, 5.41) is 20.1. The molecule has 0 bridgehead atoms. The number of oxime groups is 1. The smallest absolute Gasteiger partial charge is 0.0991 e. The number of nitriles is 1. The van der Waals surface area contributed by atoms with Crippen molar-refractivity contribution in [2.45, 2.75) is 6.92 Å². The van der Waals surface area contributed by atoms with E-state index in [0.29, 0.717) is 11.3 Å². The fraction of sp³-hybridized carbons (Fsp3) is 0.111. The summed E-state index contributed by atoms with van der Waals surface area (Å²) < 4.78 is 0. The van der Waals surface area contributed by atoms with Crippen LogP contribution in [0.4, 0.5) is 0 Å². The van der Waals surface area contributed by atoms with Crippen LogP contribution < -0.4 is 0 Å². The standard InChI is InChI=1S/C9H8N2O/c1-7(11-12)9-4-2-3-8(5-9)6-10/h2-5,12H,1H3. The highest BCUT2D eigenvalue weighted by Crippen LogP contribution is 2.04. The van der Waals surface area contributed by atoms with Gasteiger partial charge in [-0.05, 0) is 19.1 Å². The first-order valence-corrected chi connectivity index (χ1v) is 3.47. The van der Waals surface area contributed by atoms with E-state index in [9.17, 15) is 0 Å². The molecular formula is C9H8N2O. The van der Waals surface area contributed by atoms with Crippen LogP contribution in [0.2, 0.25) is 0 Å². The Morgan fingerprint density at radius 1 is 1.58 bits per heavy atom. The van der Waals surface area contributed by atoms with Gasteiger partial charge in [-0.25, -0.2) is 0 Å². The first kappa shape index (κ1) is 8.28. The van der Waals surface area contributed by atoms with Crippen molar-refractivity contribution in [2.75, 3.05) is 0 Å². The highest BCUT2D eigenvalue weighted by Gasteiger charge is 1.97. The summed E-state index contributed by atoms with van der Waals surface area (Å²) in [6.45, 7) is 1.68. The highest BCUT2D eigenvalue weighted by molar-refractivity contribution is 5.98. The van der Waals surface area contributed by atoms with Gasteiger partial charge in [-0.3, -0.25) is 0 Å². The van der Waals surface area contributed by atoms with Crippen LogP contribution in [-0.4, -0.2) is 10.9 Å². The van der Waals surface area contributed by atoms with Crippen LogP contribution in [0.3, 0.4) is 0 Å². The zero-order valence-corrected chi connectivity index (χ0v) is 6.65. The quantitative estimate of drug-likeness (QED) is 0.386. The van der Waals surface area contributed by atoms with Gasteiger partial charge in [-0.1, -0.05) is 17.3 Å². The molecule has 1 rings (SSSR count). The van der Waals surface area contributed by atoms with E-state index in [0.717, 1.165) is 5.56 Å². The lowest BCUT2D eigenvalue weighted by atomic mass is 10.1. The number of rotatable bonds is 1. The molecule has 3 heteroatoms. The summed E-state index contributed by atoms with van der Waals surface area (Å²) in [4.78, 5) is 0. The van der Waals surface area contributed by atoms with E-state index in [4.69, 9.17) is 10.5 Å². The van der Waals surface area contributed by atoms with Gasteiger partial charge < -0.3 is 5.21 Å². The first-order chi connectivity index (χ1) is 5.77. The fourth-order valence-corrected chi connectivity index (χ4v) is 0.872. The van der Waals surface area contributed by atoms with Crippen molar-refractivity contribution in [2.24, 2.45) is 5.16 Å². The van der Waals surface area contributed by atoms with Crippen molar-refractivity contribution in [1.82, 2.24) is 0 Å². The van der Waals surface area contributed by atoms with Crippen molar-refractivity contribution in [3.8, 4) is 6.07 Å². The van der Waals surface area contributed by atoms with Gasteiger partial charge in [0.05, 0.1) is 17.3 Å². The summed E-state index contributed by atoms with van der Waals surface area (Å²) in [5.74, 6) is 0. The second kappa shape index (κ2) is 3.54. The highest BCUT2D eigenvalue weighted by atomic mass is 16.4. The van der Waals surface area contributed by atoms with Crippen LogP contribution in [0, 0.1) is 11.3 Å². The van der Waals surface area contributed by atoms with E-state index in [2.05, 4.69) is 5.16 Å². The third-order valence-corrected chi connectivity index (χ3v) is 1.56. The molecule has 1 aromatic carbocycles. The van der Waals surface area contributed by atoms with Crippen LogP contribution in [0.25, 0.3) is 0 Å². The predicted molar refractivity (Wildman–Crippen MR) is 45.2 cm³/mol. The molecule has 0 radical (unpaired) electrons. The molecule has 0 aromatic heterocycles. The summed E-state index contributed by atoms with van der Waals surface area (Å²) in [6.07, 6.45) is 0. The monoisotopic (exact) mass is 160 g/mol. The van der Waals surface area contributed by atoms with Gasteiger partial charge in [0, 0.05) is 5.56 Å². The molecule has 0 amide bonds. The average Bonchev–Trinajstić information content (AvgIpc) is 2.17. The van der Waals surface area contributed by atoms with Crippen LogP contribution in [-0.2, 0) is 0 Å². The van der Waals surface area contributed by atoms with Gasteiger partial charge in [0.1, 0.15) is 0 Å². The number of benzene rings is 1. The molecule has 0 atom stereocenters. The Hall–Kier alpha value is -1.82. The maximum absolute atomic E-state index is 8.56. The largest absolute Gasteiger partial charge is 0.411 e. The zero-order valence-electron chi connectivity index (χ0n) is 6.65. The first-order valence-electron chi connectivity index (χ1n) is 3.47. The Balaban J connectivity index is 3.12. The molecule has 0 saturated heterocycles. The van der Waals surface area contributed by atoms with Crippen LogP contribution in [0.1, 0.15) is 18.1 Å². The van der Waals surface area contributed by atoms with Gasteiger partial charge in [0.25, 0.3) is 0 Å². The van der Waals surface area contributed by atoms with E-state index < -0.39 is 0 Å². The molecule has 0 spiro atoms. The van der Waals surface area contributed by atoms with Crippen molar-refractivity contribution < 1.29 is 5.21 Å². The van der Waals surface area contributed by atoms with Gasteiger partial charge in [-0.15, -0.1) is 0 Å². The fourth-order valence-electron chi connectivity index (χ4n) is 0.872. The molecule has 60 valence electrons. The molecule has 0 saturated carbocycles. The van der Waals surface area contributed by atoms with Gasteiger partial charge in [0.15, 0.2) is 0 Å². The summed E-state index contributed by atoms with van der Waals surface area (Å²) in [5.41, 5.74) is 1.83. The SMILES string of the molecule is CC(=NO)c1cccc(C#N)c1. The minimum Gasteiger partial charge on any atom is -0.411 e. The van der Waals surface area contributed by atoms with E-state index in [-0.39, 0.29) is 0 Å². The second-order valence-corrected chi connectivity index (χ2v) is 2.38. The molecule has 0 aliphatic heterocycles. The van der Waals surface area contributed by atoms with Crippen molar-refractivity contribution >= 4 is 5.71 Å². The van der Waals surface area contributed by atoms with Crippen LogP contribution in [0.15, 0.2) is 29.4 Å². The molecule has 1 aromatic rings. The molecule has 1 N–H and O–H groups in total. The Morgan fingerprint density at radius 3 is 2.92 bits per heavy atom. The molecule has 0 unspecified atom stereocenters. The molecule has 0 heterocycles. The van der Waals surface area contributed by atoms with Crippen molar-refractivity contribution in [3.63, 3.8) is 0 Å². The molecular weight excluding hydrogens is 152 g/mol. The lowest BCUT2D eigenvalue weighted by molar-refractivity contribution is 0.319. The third-order valence-electron chi connectivity index (χ3n) is 1.56. The maximum Gasteiger partial charge on any atom is 0.0991 e. The van der Waals surface area contributed by atoms with Crippen LogP contribution >= 0.6 is 0 Å². The van der Waals surface area contributed by atoms with E-state index in [1.54, 1.807) is 31.2 Å². The summed E-state index contributed by atoms with van der Waals surface area (Å²) in [7, 11) is 0. The predicted octanol–water partition coefficient (Wildman–Crippen LogP) is 1.76. The Labute approximate surface area is 70.6 Å². The number of hydrogen-bond acceptors (Lipinski definition) is 3. The Morgan fingerprint density at radius 2 is 2.33 bits per heavy atom. The van der Waals surface area contributed by atoms with Gasteiger partial charge >= 0.3 is 0 Å². The van der Waals surface area contributed by atoms with Gasteiger partial charge in [0.2, 0.25) is 0 Å². The number of nitrogens with zero attached hydrogens (tertiary/aromatic N) is 2. The van der Waals surface area contributed by atoms with Crippen molar-refractivity contribution in [3.05, 3.63) is 35.4 Å². The minimum absolute atomic E-state index is 0.507. The van der Waals surface area contributed by atoms with Gasteiger partial charge in [-0.2, -0.15) is 5.26 Å². The average molecular weight is 160 g/mol. The summed E-state index contributed by atoms with van der Waals surface area (Å²) >= 11 is 0. The maximum atomic E-state index is 8.56. The zero-order chi connectivity index (χ0) is 8.97. The van der Waals surface area contributed by atoms with E-state index in [1.165, 1.54) is 0 Å². The normalized spacial score (nSPS) is 10.8. The van der Waals surface area contributed by atoms with Crippen molar-refractivity contribution in [1.29, 1.82) is 5.26 Å². The lowest BCUT2D eigenvalue weighted by Gasteiger charge is -1.96. The van der Waals surface area contributed by atoms with E-state index in [1.807, 2.05) is 6.07 Å². The molecule has 3 nitrogen and oxygen atoms in total. The molecule has 0 fully saturated rings. The third kappa shape index (κ3) is 1.61. The molecule has 0 aliphatic rings. The second-order valence-electron chi connectivity index (χ2n) is 2.38. The number of hydrogen-bond donors (Lipinski definition) is 1. The topological polar surface area (TPSA) is 56.4 Å². The lowest BCUT2D eigenvalue weighted by Crippen LogP contribution is -1.94. The van der Waals surface area contributed by atoms with Crippen LogP contribution in [0.5, 0.6) is 0 Å². The van der Waals surface area contributed by atoms with E-state index >= 15 is 0 Å². The Kier molecular flexibility index (Phi) is 2.44. The summed E-state index contributed by atoms with van der Waals surface area (Å²) in [6, 6.07) is 8.93.